The molecule has 674 valence electrons. The van der Waals surface area contributed by atoms with Crippen LogP contribution in [-0.2, 0) is 60.7 Å². The van der Waals surface area contributed by atoms with Crippen molar-refractivity contribution in [2.45, 2.75) is 188 Å². The number of halogens is 2. The summed E-state index contributed by atoms with van der Waals surface area (Å²) >= 11 is 14.6. The van der Waals surface area contributed by atoms with E-state index in [0.717, 1.165) is 86.7 Å². The predicted octanol–water partition coefficient (Wildman–Crippen LogP) is 3.31. The monoisotopic (exact) mass is 1790 g/mol. The van der Waals surface area contributed by atoms with E-state index in [2.05, 4.69) is 61.7 Å². The number of aliphatic hydroxyl groups excluding tert-OH is 7. The molecular formula is C87H101Cl2N11O26. The number of hydrogen-bond donors (Lipinski definition) is 22. The Bertz CT molecular complexity index is 5210. The third-order valence-corrected chi connectivity index (χ3v) is 23.0. The predicted molar refractivity (Wildman–Crippen MR) is 449 cm³/mol. The molecule has 24 N–H and O–H groups in total. The number of ether oxygens (including phenoxy) is 7. The van der Waals surface area contributed by atoms with Crippen LogP contribution in [0.2, 0.25) is 10.0 Å². The first kappa shape index (κ1) is 92.3. The van der Waals surface area contributed by atoms with Crippen molar-refractivity contribution < 1.29 is 128 Å². The van der Waals surface area contributed by atoms with Gasteiger partial charge in [-0.1, -0.05) is 87.0 Å². The van der Waals surface area contributed by atoms with Crippen molar-refractivity contribution in [2.75, 3.05) is 39.4 Å². The van der Waals surface area contributed by atoms with Gasteiger partial charge in [0, 0.05) is 49.1 Å². The lowest BCUT2D eigenvalue weighted by Gasteiger charge is -2.42. The van der Waals surface area contributed by atoms with E-state index >= 15 is 28.8 Å². The summed E-state index contributed by atoms with van der Waals surface area (Å²) in [5.41, 5.74) is 10.5. The Balaban J connectivity index is 1.03. The highest BCUT2D eigenvalue weighted by molar-refractivity contribution is 6.32. The first-order valence-electron chi connectivity index (χ1n) is 41.3. The number of carbonyl (C=O) groups excluding carboxylic acids is 8. The number of amides is 8. The number of unbranched alkanes of at least 4 members (excludes halogenated alkanes) is 4. The number of aliphatic hydroxyl groups is 7. The van der Waals surface area contributed by atoms with Crippen molar-refractivity contribution in [2.24, 2.45) is 17.4 Å². The Morgan fingerprint density at radius 3 is 1.72 bits per heavy atom. The Hall–Kier alpha value is -11.4. The zero-order chi connectivity index (χ0) is 90.1. The number of phenolic OH excluding ortho intramolecular Hbond substituents is 4. The van der Waals surface area contributed by atoms with Gasteiger partial charge in [0.15, 0.2) is 23.0 Å². The molecule has 0 saturated carbocycles. The van der Waals surface area contributed by atoms with Crippen LogP contribution in [0.15, 0.2) is 115 Å². The highest BCUT2D eigenvalue weighted by Gasteiger charge is 2.49. The summed E-state index contributed by atoms with van der Waals surface area (Å²) in [4.78, 5) is 125. The molecule has 0 unspecified atom stereocenters. The van der Waals surface area contributed by atoms with Crippen LogP contribution in [0.1, 0.15) is 141 Å². The fourth-order valence-corrected chi connectivity index (χ4v) is 16.1. The molecule has 0 radical (unpaired) electrons. The molecule has 17 atom stereocenters. The topological polar surface area (TPSA) is 584 Å². The van der Waals surface area contributed by atoms with Gasteiger partial charge >= 0.3 is 0 Å². The van der Waals surface area contributed by atoms with E-state index in [0.29, 0.717) is 44.8 Å². The second-order valence-corrected chi connectivity index (χ2v) is 32.9. The van der Waals surface area contributed by atoms with Gasteiger partial charge in [0.1, 0.15) is 131 Å². The molecule has 0 aromatic heterocycles. The van der Waals surface area contributed by atoms with E-state index in [1.165, 1.54) is 60.7 Å². The molecule has 2 saturated heterocycles. The highest BCUT2D eigenvalue weighted by atomic mass is 35.5. The Morgan fingerprint density at radius 1 is 0.516 bits per heavy atom. The van der Waals surface area contributed by atoms with E-state index in [1.54, 1.807) is 0 Å². The summed E-state index contributed by atoms with van der Waals surface area (Å²) in [7, 11) is 0. The average Bonchev–Trinajstić information content (AvgIpc) is 0.751. The molecule has 8 aliphatic heterocycles. The molecule has 17 bridgehead atoms. The molecule has 8 amide bonds. The zero-order valence-electron chi connectivity index (χ0n) is 68.3. The van der Waals surface area contributed by atoms with Crippen molar-refractivity contribution in [3.8, 4) is 80.1 Å². The van der Waals surface area contributed by atoms with Gasteiger partial charge in [-0.25, -0.2) is 0 Å². The normalized spacial score (nSPS) is 25.5. The van der Waals surface area contributed by atoms with Crippen molar-refractivity contribution in [3.63, 3.8) is 0 Å². The largest absolute Gasteiger partial charge is 0.508 e. The van der Waals surface area contributed by atoms with Crippen LogP contribution >= 0.6 is 23.2 Å². The van der Waals surface area contributed by atoms with Crippen LogP contribution in [0, 0.1) is 5.92 Å². The second-order valence-electron chi connectivity index (χ2n) is 32.1. The molecule has 8 aliphatic rings. The van der Waals surface area contributed by atoms with Gasteiger partial charge in [-0.3, -0.25) is 38.4 Å². The SMILES string of the molecule is CC(C)CCCCCCC(=O)N[C@H]1[C@H](Oc2c3cc4cc2Oc2ccc(cc2Cl)C[C@H]2NC(=O)[C@H](N)c5ccc(O)c(c5)Oc5cc(O)cc(c5)[C@H](NC2=O)C(=O)N[C@H]4C(=O)N[C@H]2C(=O)N[C@@H](Cc4ccc(c(Cl)c4)O3)C(=O)N[C@H](C(=O)NCCCNCCCCN)c3cc(O)cc(O[C@H]4O[C@H](CO)[C@@H](O)[C@H](O)[C@@H]4O)c3-c3cc2ccc3O)O[C@H](CO)[C@@H](O)[C@@H]1O. The summed E-state index contributed by atoms with van der Waals surface area (Å²) in [5, 5.41) is 150. The number of hydrogen-bond acceptors (Lipinski definition) is 29. The van der Waals surface area contributed by atoms with E-state index in [9.17, 15) is 65.8 Å². The van der Waals surface area contributed by atoms with E-state index in [1.807, 2.05) is 0 Å². The van der Waals surface area contributed by atoms with Crippen LogP contribution in [-0.4, -0.2) is 216 Å². The van der Waals surface area contributed by atoms with Crippen molar-refractivity contribution >= 4 is 70.5 Å². The van der Waals surface area contributed by atoms with Gasteiger partial charge in [0.25, 0.3) is 0 Å². The Kier molecular flexibility index (Phi) is 30.0. The molecule has 0 spiro atoms. The minimum absolute atomic E-state index is 0.0521. The maximum absolute atomic E-state index is 16.8. The Labute approximate surface area is 731 Å². The molecule has 2 fully saturated rings. The summed E-state index contributed by atoms with van der Waals surface area (Å²) in [6, 6.07) is 7.26. The Morgan fingerprint density at radius 2 is 1.08 bits per heavy atom. The van der Waals surface area contributed by atoms with Crippen LogP contribution in [0.25, 0.3) is 11.1 Å². The smallest absolute Gasteiger partial charge is 0.248 e. The zero-order valence-corrected chi connectivity index (χ0v) is 69.8. The molecular weight excluding hydrogens is 1690 g/mol. The number of benzene rings is 7. The van der Waals surface area contributed by atoms with Crippen LogP contribution < -0.4 is 83.0 Å². The van der Waals surface area contributed by atoms with E-state index in [-0.39, 0.29) is 79.4 Å². The molecule has 15 rings (SSSR count). The number of carbonyl (C=O) groups is 8. The van der Waals surface area contributed by atoms with Gasteiger partial charge in [0.05, 0.1) is 23.3 Å². The maximum atomic E-state index is 16.8. The van der Waals surface area contributed by atoms with Crippen LogP contribution in [0.3, 0.4) is 0 Å². The molecule has 39 heteroatoms. The van der Waals surface area contributed by atoms with Crippen molar-refractivity contribution in [3.05, 3.63) is 164 Å². The first-order chi connectivity index (χ1) is 60.3. The third-order valence-electron chi connectivity index (χ3n) is 22.4. The molecule has 7 aromatic carbocycles. The van der Waals surface area contributed by atoms with E-state index < -0.39 is 240 Å². The molecule has 8 heterocycles. The maximum Gasteiger partial charge on any atom is 0.248 e. The lowest BCUT2D eigenvalue weighted by atomic mass is 9.89. The third kappa shape index (κ3) is 21.5. The van der Waals surface area contributed by atoms with Crippen molar-refractivity contribution in [1.82, 2.24) is 47.9 Å². The molecule has 0 aliphatic carbocycles. The molecule has 126 heavy (non-hydrogen) atoms. The number of nitrogens with one attached hydrogen (secondary N) is 9. The van der Waals surface area contributed by atoms with Gasteiger partial charge in [-0.05, 0) is 169 Å². The summed E-state index contributed by atoms with van der Waals surface area (Å²) < 4.78 is 44.9. The summed E-state index contributed by atoms with van der Waals surface area (Å²) in [5.74, 6) is -14.2. The number of rotatable bonds is 23. The summed E-state index contributed by atoms with van der Waals surface area (Å²) in [6.07, 6.45) is -12.7. The minimum atomic E-state index is -2.35. The van der Waals surface area contributed by atoms with Gasteiger partial charge in [-0.15, -0.1) is 0 Å². The average molecular weight is 1790 g/mol. The van der Waals surface area contributed by atoms with Gasteiger partial charge in [-0.2, -0.15) is 0 Å². The van der Waals surface area contributed by atoms with Crippen molar-refractivity contribution in [1.29, 1.82) is 0 Å². The van der Waals surface area contributed by atoms with Crippen LogP contribution in [0.4, 0.5) is 0 Å². The lowest BCUT2D eigenvalue weighted by Crippen LogP contribution is -2.65. The standard InChI is InChI=1S/C87H101Cl2N11O26/c1-39(2)10-5-3-4-6-11-65(107)96-72-75(110)73(108)63(37-101)124-86(72)126-78-61-32-45-33-62(78)122-58-19-13-41(25-52(58)89)27-54-80(114)100-71(82(116)93-23-9-22-92-21-8-7-20-90)50-35-47(104)36-60(123-87-77(112)76(111)74(109)64(38-102)125-87)66(50)49-30-43(15-16-55(49)105)68(83(117)95-54)98-85(119)70(45)99-84(118)69-44-28-46(103)34-48(29-44)120-59-31-42(14-17-56(59)106)67(91)81(115)94-53(79(113)97-69)26-40-12-18-57(121-61)51(88)24-40/h12-19,24-25,28-36,39,53-54,63-64,67-77,86-87,92,101-106,108-112H,3-11,20-23,26-27,37-38,90-91H2,1-2H3,(H,93,116)(H,94,115)(H,95,117)(H,96,107)(H,97,113)(H,98,119)(H,99,118)(H,100,114)/t53-,54+,63-,64-,67-,68-,69+,70-,71+,72-,73-,74-,75-,76+,77+,86+,87+/m1/s1. The number of fused-ring (bicyclic) bond motifs is 14. The van der Waals surface area contributed by atoms with Gasteiger partial charge < -0.3 is 149 Å². The highest BCUT2D eigenvalue weighted by Crippen LogP contribution is 2.50. The quantitative estimate of drug-likeness (QED) is 0.0408. The first-order valence-corrected chi connectivity index (χ1v) is 42.1. The number of nitrogens with two attached hydrogens (primary N) is 2. The number of aromatic hydroxyl groups is 4. The van der Waals surface area contributed by atoms with E-state index in [4.69, 9.17) is 67.8 Å². The van der Waals surface area contributed by atoms with Gasteiger partial charge in [0.2, 0.25) is 65.6 Å². The fourth-order valence-electron chi connectivity index (χ4n) is 15.6. The van der Waals surface area contributed by atoms with Crippen LogP contribution in [0.5, 0.6) is 69.0 Å². The summed E-state index contributed by atoms with van der Waals surface area (Å²) in [6.45, 7) is 3.71. The number of phenols is 4. The second kappa shape index (κ2) is 40.9. The fraction of sp³-hybridized carbons (Fsp3) is 0.425. The minimum Gasteiger partial charge on any atom is -0.508 e. The lowest BCUT2D eigenvalue weighted by molar-refractivity contribution is -0.277. The molecule has 37 nitrogen and oxygen atoms in total. The molecule has 7 aromatic rings.